The second kappa shape index (κ2) is 8.11. The van der Waals surface area contributed by atoms with Crippen LogP contribution in [0.3, 0.4) is 0 Å². The molecule has 1 saturated heterocycles. The first-order valence-electron chi connectivity index (χ1n) is 10.1. The van der Waals surface area contributed by atoms with E-state index in [-0.39, 0.29) is 0 Å². The molecule has 4 nitrogen and oxygen atoms in total. The van der Waals surface area contributed by atoms with Crippen LogP contribution in [0.1, 0.15) is 11.1 Å². The van der Waals surface area contributed by atoms with Gasteiger partial charge in [-0.15, -0.1) is 0 Å². The summed E-state index contributed by atoms with van der Waals surface area (Å²) in [6, 6.07) is 19.5. The fourth-order valence-corrected chi connectivity index (χ4v) is 5.23. The SMILES string of the molecule is c1ccc2c(c1)CSN(CCN1CCN(c3nccc4ccccc34)CC1)C2. The van der Waals surface area contributed by atoms with E-state index in [0.29, 0.717) is 0 Å². The summed E-state index contributed by atoms with van der Waals surface area (Å²) in [4.78, 5) is 9.74. The number of pyridine rings is 1. The summed E-state index contributed by atoms with van der Waals surface area (Å²) in [6.45, 7) is 7.67. The van der Waals surface area contributed by atoms with Crippen LogP contribution in [-0.4, -0.2) is 53.5 Å². The molecule has 0 amide bonds. The Kier molecular flexibility index (Phi) is 5.21. The average molecular weight is 391 g/mol. The number of nitrogens with zero attached hydrogens (tertiary/aromatic N) is 4. The predicted molar refractivity (Wildman–Crippen MR) is 119 cm³/mol. The lowest BCUT2D eigenvalue weighted by Gasteiger charge is -2.37. The smallest absolute Gasteiger partial charge is 0.136 e. The summed E-state index contributed by atoms with van der Waals surface area (Å²) in [5, 5.41) is 2.54. The first-order valence-corrected chi connectivity index (χ1v) is 11.1. The maximum atomic E-state index is 4.69. The third kappa shape index (κ3) is 3.75. The van der Waals surface area contributed by atoms with Crippen molar-refractivity contribution >= 4 is 28.5 Å². The molecular formula is C23H26N4S. The monoisotopic (exact) mass is 390 g/mol. The molecule has 5 heteroatoms. The topological polar surface area (TPSA) is 22.6 Å². The Morgan fingerprint density at radius 2 is 1.61 bits per heavy atom. The molecule has 3 aromatic rings. The van der Waals surface area contributed by atoms with Crippen LogP contribution in [0.25, 0.3) is 10.8 Å². The van der Waals surface area contributed by atoms with E-state index < -0.39 is 0 Å². The number of anilines is 1. The van der Waals surface area contributed by atoms with Gasteiger partial charge in [-0.25, -0.2) is 9.29 Å². The summed E-state index contributed by atoms with van der Waals surface area (Å²) in [5.74, 6) is 2.25. The minimum absolute atomic E-state index is 1.05. The minimum atomic E-state index is 1.05. The molecule has 28 heavy (non-hydrogen) atoms. The Morgan fingerprint density at radius 3 is 2.50 bits per heavy atom. The van der Waals surface area contributed by atoms with Crippen LogP contribution in [0.4, 0.5) is 5.82 Å². The number of benzene rings is 2. The highest BCUT2D eigenvalue weighted by Crippen LogP contribution is 2.29. The molecule has 2 aromatic carbocycles. The van der Waals surface area contributed by atoms with E-state index in [9.17, 15) is 0 Å². The Morgan fingerprint density at radius 1 is 0.821 bits per heavy atom. The van der Waals surface area contributed by atoms with Gasteiger partial charge in [-0.3, -0.25) is 4.90 Å². The maximum Gasteiger partial charge on any atom is 0.136 e. The number of aromatic nitrogens is 1. The summed E-state index contributed by atoms with van der Waals surface area (Å²) < 4.78 is 2.53. The Balaban J connectivity index is 1.16. The standard InChI is InChI=1S/C23H26N4S/c1-2-7-21-18-28-27(17-20(21)6-1)16-13-25-11-14-26(15-12-25)23-22-8-4-3-5-19(22)9-10-24-23/h1-10H,11-18H2. The van der Waals surface area contributed by atoms with Gasteiger partial charge in [-0.05, 0) is 22.6 Å². The van der Waals surface area contributed by atoms with Crippen molar-refractivity contribution in [2.45, 2.75) is 12.3 Å². The summed E-state index contributed by atoms with van der Waals surface area (Å²) >= 11 is 1.98. The summed E-state index contributed by atoms with van der Waals surface area (Å²) in [5.41, 5.74) is 2.99. The molecule has 5 rings (SSSR count). The number of hydrogen-bond acceptors (Lipinski definition) is 5. The van der Waals surface area contributed by atoms with E-state index in [4.69, 9.17) is 4.98 Å². The Bertz CT molecular complexity index is 947. The zero-order valence-corrected chi connectivity index (χ0v) is 16.9. The van der Waals surface area contributed by atoms with Gasteiger partial charge < -0.3 is 4.90 Å². The van der Waals surface area contributed by atoms with E-state index in [1.54, 1.807) is 0 Å². The van der Waals surface area contributed by atoms with Crippen molar-refractivity contribution in [3.63, 3.8) is 0 Å². The summed E-state index contributed by atoms with van der Waals surface area (Å²) in [7, 11) is 0. The van der Waals surface area contributed by atoms with Crippen molar-refractivity contribution in [3.8, 4) is 0 Å². The van der Waals surface area contributed by atoms with E-state index >= 15 is 0 Å². The van der Waals surface area contributed by atoms with Crippen molar-refractivity contribution in [3.05, 3.63) is 71.9 Å². The van der Waals surface area contributed by atoms with Gasteiger partial charge >= 0.3 is 0 Å². The van der Waals surface area contributed by atoms with Crippen LogP contribution in [0, 0.1) is 0 Å². The third-order valence-corrected chi connectivity index (χ3v) is 6.97. The van der Waals surface area contributed by atoms with Crippen LogP contribution < -0.4 is 4.90 Å². The van der Waals surface area contributed by atoms with Crippen molar-refractivity contribution < 1.29 is 0 Å². The van der Waals surface area contributed by atoms with E-state index in [1.807, 2.05) is 18.1 Å². The average Bonchev–Trinajstić information content (AvgIpc) is 2.77. The molecule has 2 aliphatic rings. The minimum Gasteiger partial charge on any atom is -0.354 e. The van der Waals surface area contributed by atoms with Crippen molar-refractivity contribution in [2.24, 2.45) is 0 Å². The van der Waals surface area contributed by atoms with Gasteiger partial charge in [-0.2, -0.15) is 0 Å². The van der Waals surface area contributed by atoms with Crippen LogP contribution in [0.15, 0.2) is 60.8 Å². The molecule has 0 spiro atoms. The predicted octanol–water partition coefficient (Wildman–Crippen LogP) is 4.02. The molecule has 2 aliphatic heterocycles. The third-order valence-electron chi connectivity index (χ3n) is 5.86. The van der Waals surface area contributed by atoms with Crippen molar-refractivity contribution in [1.82, 2.24) is 14.2 Å². The largest absolute Gasteiger partial charge is 0.354 e. The van der Waals surface area contributed by atoms with Gasteiger partial charge in [0, 0.05) is 63.1 Å². The van der Waals surface area contributed by atoms with E-state index in [2.05, 4.69) is 68.7 Å². The van der Waals surface area contributed by atoms with Gasteiger partial charge in [-0.1, -0.05) is 60.5 Å². The zero-order valence-electron chi connectivity index (χ0n) is 16.1. The van der Waals surface area contributed by atoms with Gasteiger partial charge in [0.1, 0.15) is 5.82 Å². The van der Waals surface area contributed by atoms with Crippen molar-refractivity contribution in [2.75, 3.05) is 44.2 Å². The van der Waals surface area contributed by atoms with Crippen LogP contribution in [-0.2, 0) is 12.3 Å². The van der Waals surface area contributed by atoms with E-state index in [1.165, 1.54) is 21.9 Å². The molecule has 0 bridgehead atoms. The molecule has 0 atom stereocenters. The molecule has 1 aromatic heterocycles. The van der Waals surface area contributed by atoms with E-state index in [0.717, 1.165) is 57.4 Å². The quantitative estimate of drug-likeness (QED) is 0.626. The fourth-order valence-electron chi connectivity index (χ4n) is 4.18. The Labute approximate surface area is 171 Å². The number of rotatable bonds is 4. The van der Waals surface area contributed by atoms with Crippen molar-refractivity contribution in [1.29, 1.82) is 0 Å². The maximum absolute atomic E-state index is 4.69. The van der Waals surface area contributed by atoms with Gasteiger partial charge in [0.15, 0.2) is 0 Å². The van der Waals surface area contributed by atoms with Gasteiger partial charge in [0.2, 0.25) is 0 Å². The summed E-state index contributed by atoms with van der Waals surface area (Å²) in [6.07, 6.45) is 1.94. The molecule has 0 aliphatic carbocycles. The first kappa shape index (κ1) is 18.0. The fraction of sp³-hybridized carbons (Fsp3) is 0.348. The number of fused-ring (bicyclic) bond motifs is 2. The van der Waals surface area contributed by atoms with Crippen LogP contribution in [0.2, 0.25) is 0 Å². The normalized spacial score (nSPS) is 18.4. The molecule has 0 radical (unpaired) electrons. The lowest BCUT2D eigenvalue weighted by Crippen LogP contribution is -2.48. The van der Waals surface area contributed by atoms with Gasteiger partial charge in [0.05, 0.1) is 0 Å². The first-order chi connectivity index (χ1) is 13.9. The molecule has 144 valence electrons. The zero-order chi connectivity index (χ0) is 18.8. The second-order valence-electron chi connectivity index (χ2n) is 7.59. The van der Waals surface area contributed by atoms with Crippen LogP contribution in [0.5, 0.6) is 0 Å². The molecular weight excluding hydrogens is 364 g/mol. The highest BCUT2D eigenvalue weighted by Gasteiger charge is 2.21. The van der Waals surface area contributed by atoms with Gasteiger partial charge in [0.25, 0.3) is 0 Å². The molecule has 1 fully saturated rings. The molecule has 0 saturated carbocycles. The highest BCUT2D eigenvalue weighted by atomic mass is 32.2. The second-order valence-corrected chi connectivity index (χ2v) is 8.65. The molecule has 3 heterocycles. The molecule has 0 unspecified atom stereocenters. The highest BCUT2D eigenvalue weighted by molar-refractivity contribution is 7.96. The lowest BCUT2D eigenvalue weighted by atomic mass is 10.1. The Hall–Kier alpha value is -2.08. The van der Waals surface area contributed by atoms with Crippen LogP contribution >= 0.6 is 11.9 Å². The lowest BCUT2D eigenvalue weighted by molar-refractivity contribution is 0.239. The number of hydrogen-bond donors (Lipinski definition) is 0. The molecule has 0 N–H and O–H groups in total. The number of piperazine rings is 1.